The average Bonchev–Trinajstić information content (AvgIpc) is 2.89. The summed E-state index contributed by atoms with van der Waals surface area (Å²) in [4.78, 5) is 31.5. The first-order valence-corrected chi connectivity index (χ1v) is 10.4. The fraction of sp³-hybridized carbons (Fsp3) is 0.476. The van der Waals surface area contributed by atoms with E-state index in [9.17, 15) is 14.0 Å². The largest absolute Gasteiger partial charge is 0.368 e. The molecule has 1 atom stereocenters. The number of halogens is 2. The van der Waals surface area contributed by atoms with Gasteiger partial charge in [0, 0.05) is 18.1 Å². The normalized spacial score (nSPS) is 15.5. The number of nitrogens with two attached hydrogens (primary N) is 1. The highest BCUT2D eigenvalue weighted by atomic mass is 35.5. The zero-order valence-electron chi connectivity index (χ0n) is 17.4. The van der Waals surface area contributed by atoms with Gasteiger partial charge in [-0.1, -0.05) is 25.4 Å². The Hall–Kier alpha value is -2.45. The highest BCUT2D eigenvalue weighted by Gasteiger charge is 2.29. The van der Waals surface area contributed by atoms with Crippen LogP contribution in [0.2, 0.25) is 5.02 Å². The van der Waals surface area contributed by atoms with Crippen LogP contribution in [-0.4, -0.2) is 45.9 Å². The van der Waals surface area contributed by atoms with E-state index < -0.39 is 23.7 Å². The summed E-state index contributed by atoms with van der Waals surface area (Å²) >= 11 is 6.08. The van der Waals surface area contributed by atoms with Crippen LogP contribution in [0.4, 0.5) is 4.39 Å². The number of aromatic nitrogens is 2. The molecule has 1 aliphatic rings. The van der Waals surface area contributed by atoms with E-state index in [1.807, 2.05) is 25.5 Å². The lowest BCUT2D eigenvalue weighted by Crippen LogP contribution is -2.45. The Morgan fingerprint density at radius 3 is 2.73 bits per heavy atom. The number of nitrogens with one attached hydrogen (secondary N) is 1. The molecule has 0 saturated carbocycles. The Kier molecular flexibility index (Phi) is 6.77. The first-order chi connectivity index (χ1) is 14.2. The van der Waals surface area contributed by atoms with Crippen LogP contribution < -0.4 is 11.1 Å². The molecule has 7 nitrogen and oxygen atoms in total. The Bertz CT molecular complexity index is 959. The van der Waals surface area contributed by atoms with E-state index in [0.717, 1.165) is 13.0 Å². The van der Waals surface area contributed by atoms with Gasteiger partial charge in [0.2, 0.25) is 5.91 Å². The maximum Gasteiger partial charge on any atom is 0.272 e. The number of fused-ring (bicyclic) bond motifs is 1. The number of rotatable bonds is 6. The SMILES string of the molecule is CC(C)C[C@H](NC(=O)c1nc(-c2cc(Cl)ccc2F)n2c1CN(C)CCC2)C(N)=O. The van der Waals surface area contributed by atoms with E-state index in [4.69, 9.17) is 17.3 Å². The minimum absolute atomic E-state index is 0.171. The van der Waals surface area contributed by atoms with Crippen LogP contribution in [0.1, 0.15) is 42.9 Å². The molecular weight excluding hydrogens is 409 g/mol. The van der Waals surface area contributed by atoms with Crippen molar-refractivity contribution in [1.82, 2.24) is 19.8 Å². The number of amides is 2. The van der Waals surface area contributed by atoms with Crippen molar-refractivity contribution in [2.24, 2.45) is 11.7 Å². The van der Waals surface area contributed by atoms with E-state index in [1.54, 1.807) is 0 Å². The van der Waals surface area contributed by atoms with Crippen LogP contribution in [0.15, 0.2) is 18.2 Å². The Balaban J connectivity index is 2.06. The third kappa shape index (κ3) is 4.82. The smallest absolute Gasteiger partial charge is 0.272 e. The van der Waals surface area contributed by atoms with Gasteiger partial charge in [-0.05, 0) is 50.6 Å². The third-order valence-electron chi connectivity index (χ3n) is 5.15. The van der Waals surface area contributed by atoms with Crippen molar-refractivity contribution >= 4 is 23.4 Å². The zero-order chi connectivity index (χ0) is 22.0. The first-order valence-electron chi connectivity index (χ1n) is 10.0. The van der Waals surface area contributed by atoms with Crippen LogP contribution >= 0.6 is 11.6 Å². The Morgan fingerprint density at radius 1 is 1.33 bits per heavy atom. The van der Waals surface area contributed by atoms with Crippen LogP contribution in [0.25, 0.3) is 11.4 Å². The van der Waals surface area contributed by atoms with Crippen LogP contribution in [-0.2, 0) is 17.9 Å². The first kappa shape index (κ1) is 22.2. The van der Waals surface area contributed by atoms with Crippen molar-refractivity contribution in [2.75, 3.05) is 13.6 Å². The van der Waals surface area contributed by atoms with Crippen molar-refractivity contribution < 1.29 is 14.0 Å². The second kappa shape index (κ2) is 9.14. The molecule has 0 saturated heterocycles. The molecule has 0 spiro atoms. The number of imidazole rings is 1. The summed E-state index contributed by atoms with van der Waals surface area (Å²) in [6, 6.07) is 3.46. The maximum atomic E-state index is 14.6. The number of primary amides is 1. The molecular formula is C21H27ClFN5O2. The van der Waals surface area contributed by atoms with Gasteiger partial charge >= 0.3 is 0 Å². The van der Waals surface area contributed by atoms with Crippen LogP contribution in [0, 0.1) is 11.7 Å². The molecule has 0 unspecified atom stereocenters. The molecule has 3 N–H and O–H groups in total. The fourth-order valence-electron chi connectivity index (χ4n) is 3.72. The lowest BCUT2D eigenvalue weighted by atomic mass is 10.0. The summed E-state index contributed by atoms with van der Waals surface area (Å²) in [5.41, 5.74) is 6.56. The molecule has 0 fully saturated rings. The van der Waals surface area contributed by atoms with E-state index in [-0.39, 0.29) is 17.2 Å². The number of carbonyl (C=O) groups excluding carboxylic acids is 2. The van der Waals surface area contributed by atoms with E-state index >= 15 is 0 Å². The predicted octanol–water partition coefficient (Wildman–Crippen LogP) is 2.81. The van der Waals surface area contributed by atoms with Gasteiger partial charge in [-0.3, -0.25) is 9.59 Å². The molecule has 3 rings (SSSR count). The lowest BCUT2D eigenvalue weighted by Gasteiger charge is -2.18. The second-order valence-electron chi connectivity index (χ2n) is 8.16. The molecule has 2 amide bonds. The number of nitrogens with zero attached hydrogens (tertiary/aromatic N) is 3. The highest BCUT2D eigenvalue weighted by Crippen LogP contribution is 2.30. The summed E-state index contributed by atoms with van der Waals surface area (Å²) in [5, 5.41) is 3.09. The number of hydrogen-bond acceptors (Lipinski definition) is 4. The minimum Gasteiger partial charge on any atom is -0.368 e. The quantitative estimate of drug-likeness (QED) is 0.729. The topological polar surface area (TPSA) is 93.2 Å². The van der Waals surface area contributed by atoms with Gasteiger partial charge in [0.25, 0.3) is 5.91 Å². The molecule has 0 aliphatic carbocycles. The van der Waals surface area contributed by atoms with E-state index in [1.165, 1.54) is 18.2 Å². The van der Waals surface area contributed by atoms with Gasteiger partial charge in [0.05, 0.1) is 11.3 Å². The second-order valence-corrected chi connectivity index (χ2v) is 8.59. The zero-order valence-corrected chi connectivity index (χ0v) is 18.2. The molecule has 2 aromatic rings. The monoisotopic (exact) mass is 435 g/mol. The van der Waals surface area contributed by atoms with Crippen molar-refractivity contribution in [3.05, 3.63) is 40.4 Å². The molecule has 1 aliphatic heterocycles. The predicted molar refractivity (Wildman–Crippen MR) is 113 cm³/mol. The van der Waals surface area contributed by atoms with E-state index in [0.29, 0.717) is 36.1 Å². The van der Waals surface area contributed by atoms with Gasteiger partial charge in [0.15, 0.2) is 5.69 Å². The Labute approximate surface area is 180 Å². The lowest BCUT2D eigenvalue weighted by molar-refractivity contribution is -0.120. The molecule has 0 bridgehead atoms. The van der Waals surface area contributed by atoms with Gasteiger partial charge < -0.3 is 20.5 Å². The maximum absolute atomic E-state index is 14.6. The molecule has 0 radical (unpaired) electrons. The van der Waals surface area contributed by atoms with Gasteiger partial charge in [-0.25, -0.2) is 9.37 Å². The summed E-state index contributed by atoms with van der Waals surface area (Å²) in [7, 11) is 1.95. The number of benzene rings is 1. The van der Waals surface area contributed by atoms with Crippen molar-refractivity contribution in [2.45, 2.75) is 45.8 Å². The van der Waals surface area contributed by atoms with Crippen LogP contribution in [0.3, 0.4) is 0 Å². The Morgan fingerprint density at radius 2 is 2.07 bits per heavy atom. The summed E-state index contributed by atoms with van der Waals surface area (Å²) in [6.45, 7) is 5.78. The summed E-state index contributed by atoms with van der Waals surface area (Å²) < 4.78 is 16.5. The third-order valence-corrected chi connectivity index (χ3v) is 5.39. The molecule has 2 heterocycles. The standard InChI is InChI=1S/C21H27ClFN5O2/c1-12(2)9-16(19(24)29)25-21(30)18-17-11-27(3)7-4-8-28(17)20(26-18)14-10-13(22)5-6-15(14)23/h5-6,10,12,16H,4,7-9,11H2,1-3H3,(H2,24,29)(H,25,30)/t16-/m0/s1. The van der Waals surface area contributed by atoms with Crippen molar-refractivity contribution in [3.63, 3.8) is 0 Å². The molecule has 1 aromatic carbocycles. The number of carbonyl (C=O) groups is 2. The minimum atomic E-state index is -0.801. The molecule has 162 valence electrons. The molecule has 1 aromatic heterocycles. The van der Waals surface area contributed by atoms with E-state index in [2.05, 4.69) is 15.2 Å². The summed E-state index contributed by atoms with van der Waals surface area (Å²) in [6.07, 6.45) is 1.25. The average molecular weight is 436 g/mol. The highest BCUT2D eigenvalue weighted by molar-refractivity contribution is 6.30. The van der Waals surface area contributed by atoms with Crippen LogP contribution in [0.5, 0.6) is 0 Å². The molecule has 9 heteroatoms. The number of hydrogen-bond donors (Lipinski definition) is 2. The van der Waals surface area contributed by atoms with Gasteiger partial charge in [-0.2, -0.15) is 0 Å². The van der Waals surface area contributed by atoms with Crippen molar-refractivity contribution in [3.8, 4) is 11.4 Å². The van der Waals surface area contributed by atoms with Gasteiger partial charge in [-0.15, -0.1) is 0 Å². The summed E-state index contributed by atoms with van der Waals surface area (Å²) in [5.74, 6) is -1.03. The van der Waals surface area contributed by atoms with Crippen molar-refractivity contribution in [1.29, 1.82) is 0 Å². The fourth-order valence-corrected chi connectivity index (χ4v) is 3.89. The van der Waals surface area contributed by atoms with Gasteiger partial charge in [0.1, 0.15) is 17.7 Å². The molecule has 30 heavy (non-hydrogen) atoms.